The van der Waals surface area contributed by atoms with Gasteiger partial charge in [0, 0.05) is 9.26 Å². The highest BCUT2D eigenvalue weighted by molar-refractivity contribution is 14.1. The van der Waals surface area contributed by atoms with E-state index in [1.165, 1.54) is 12.1 Å². The molecule has 0 aliphatic carbocycles. The van der Waals surface area contributed by atoms with E-state index in [-0.39, 0.29) is 12.3 Å². The van der Waals surface area contributed by atoms with E-state index < -0.39 is 17.6 Å². The quantitative estimate of drug-likeness (QED) is 0.747. The van der Waals surface area contributed by atoms with Crippen LogP contribution >= 0.6 is 22.6 Å². The zero-order valence-corrected chi connectivity index (χ0v) is 13.3. The van der Waals surface area contributed by atoms with E-state index in [0.717, 1.165) is 15.7 Å². The van der Waals surface area contributed by atoms with Crippen LogP contribution in [0.3, 0.4) is 0 Å². The first-order chi connectivity index (χ1) is 10.3. The number of nitrogens with one attached hydrogen (secondary N) is 1. The summed E-state index contributed by atoms with van der Waals surface area (Å²) in [6.45, 7) is -0.221. The minimum absolute atomic E-state index is 0.221. The van der Waals surface area contributed by atoms with Crippen LogP contribution in [-0.2, 0) is 11.0 Å². The second kappa shape index (κ2) is 6.99. The average molecular weight is 421 g/mol. The van der Waals surface area contributed by atoms with Gasteiger partial charge in [0.05, 0.1) is 5.56 Å². The smallest absolute Gasteiger partial charge is 0.416 e. The van der Waals surface area contributed by atoms with Gasteiger partial charge < -0.3 is 10.1 Å². The van der Waals surface area contributed by atoms with Crippen molar-refractivity contribution in [3.63, 3.8) is 0 Å². The van der Waals surface area contributed by atoms with Crippen LogP contribution in [0.5, 0.6) is 5.75 Å². The lowest BCUT2D eigenvalue weighted by Gasteiger charge is -2.09. The van der Waals surface area contributed by atoms with Crippen LogP contribution in [0.25, 0.3) is 0 Å². The zero-order chi connectivity index (χ0) is 16.2. The van der Waals surface area contributed by atoms with Crippen molar-refractivity contribution in [2.75, 3.05) is 11.9 Å². The molecule has 0 aromatic heterocycles. The first-order valence-corrected chi connectivity index (χ1v) is 7.28. The summed E-state index contributed by atoms with van der Waals surface area (Å²) in [6, 6.07) is 11.4. The summed E-state index contributed by atoms with van der Waals surface area (Å²) in [4.78, 5) is 11.7. The van der Waals surface area contributed by atoms with Crippen molar-refractivity contribution in [3.05, 3.63) is 57.7 Å². The Labute approximate surface area is 138 Å². The number of anilines is 1. The highest BCUT2D eigenvalue weighted by atomic mass is 127. The van der Waals surface area contributed by atoms with E-state index in [2.05, 4.69) is 27.9 Å². The number of ether oxygens (including phenoxy) is 1. The fraction of sp³-hybridized carbons (Fsp3) is 0.133. The van der Waals surface area contributed by atoms with Crippen molar-refractivity contribution < 1.29 is 22.7 Å². The summed E-state index contributed by atoms with van der Waals surface area (Å²) in [5, 5.41) is 2.47. The van der Waals surface area contributed by atoms with Crippen molar-refractivity contribution in [2.45, 2.75) is 6.18 Å². The van der Waals surface area contributed by atoms with Gasteiger partial charge in [0.1, 0.15) is 5.75 Å². The van der Waals surface area contributed by atoms with Crippen LogP contribution in [0.2, 0.25) is 0 Å². The minimum atomic E-state index is -4.39. The molecule has 22 heavy (non-hydrogen) atoms. The minimum Gasteiger partial charge on any atom is -0.484 e. The molecule has 0 atom stereocenters. The van der Waals surface area contributed by atoms with Gasteiger partial charge in [-0.3, -0.25) is 4.79 Å². The molecule has 0 aliphatic rings. The molecular weight excluding hydrogens is 410 g/mol. The SMILES string of the molecule is O=C(COc1ccc(I)cc1)Nc1ccc(C(F)(F)F)cc1. The zero-order valence-electron chi connectivity index (χ0n) is 11.2. The first kappa shape index (κ1) is 16.6. The standard InChI is InChI=1S/C15H11F3INO2/c16-15(17,18)10-1-5-12(6-2-10)20-14(21)9-22-13-7-3-11(19)4-8-13/h1-8H,9H2,(H,20,21). The number of hydrogen-bond donors (Lipinski definition) is 1. The number of amides is 1. The fourth-order valence-corrected chi connectivity index (χ4v) is 1.98. The normalized spacial score (nSPS) is 11.1. The Hall–Kier alpha value is -1.77. The Morgan fingerprint density at radius 3 is 2.18 bits per heavy atom. The van der Waals surface area contributed by atoms with Crippen molar-refractivity contribution in [3.8, 4) is 5.75 Å². The number of carbonyl (C=O) groups excluding carboxylic acids is 1. The molecule has 0 radical (unpaired) electrons. The van der Waals surface area contributed by atoms with Crippen molar-refractivity contribution in [1.82, 2.24) is 0 Å². The summed E-state index contributed by atoms with van der Waals surface area (Å²) in [5.41, 5.74) is -0.482. The predicted octanol–water partition coefficient (Wildman–Crippen LogP) is 4.33. The maximum atomic E-state index is 12.4. The molecule has 2 aromatic rings. The van der Waals surface area contributed by atoms with E-state index in [9.17, 15) is 18.0 Å². The predicted molar refractivity (Wildman–Crippen MR) is 84.7 cm³/mol. The summed E-state index contributed by atoms with van der Waals surface area (Å²) in [7, 11) is 0. The topological polar surface area (TPSA) is 38.3 Å². The maximum Gasteiger partial charge on any atom is 0.416 e. The molecule has 2 rings (SSSR count). The van der Waals surface area contributed by atoms with Gasteiger partial charge in [0.25, 0.3) is 5.91 Å². The second-order valence-corrected chi connectivity index (χ2v) is 5.61. The molecule has 0 bridgehead atoms. The van der Waals surface area contributed by atoms with E-state index in [1.807, 2.05) is 12.1 Å². The molecule has 0 saturated carbocycles. The molecule has 0 heterocycles. The third-order valence-electron chi connectivity index (χ3n) is 2.68. The Morgan fingerprint density at radius 1 is 1.05 bits per heavy atom. The highest BCUT2D eigenvalue weighted by Gasteiger charge is 2.29. The van der Waals surface area contributed by atoms with Crippen LogP contribution in [0.1, 0.15) is 5.56 Å². The molecule has 0 spiro atoms. The Balaban J connectivity index is 1.88. The van der Waals surface area contributed by atoms with Crippen LogP contribution in [0.15, 0.2) is 48.5 Å². The van der Waals surface area contributed by atoms with Crippen LogP contribution < -0.4 is 10.1 Å². The molecule has 7 heteroatoms. The van der Waals surface area contributed by atoms with Crippen molar-refractivity contribution >= 4 is 34.2 Å². The number of hydrogen-bond acceptors (Lipinski definition) is 2. The lowest BCUT2D eigenvalue weighted by Crippen LogP contribution is -2.20. The van der Waals surface area contributed by atoms with Crippen LogP contribution in [0, 0.1) is 3.57 Å². The van der Waals surface area contributed by atoms with Gasteiger partial charge in [-0.25, -0.2) is 0 Å². The molecule has 0 unspecified atom stereocenters. The molecule has 0 aliphatic heterocycles. The van der Waals surface area contributed by atoms with Crippen molar-refractivity contribution in [2.24, 2.45) is 0 Å². The molecule has 0 fully saturated rings. The van der Waals surface area contributed by atoms with Gasteiger partial charge in [-0.1, -0.05) is 0 Å². The van der Waals surface area contributed by atoms with E-state index in [0.29, 0.717) is 5.75 Å². The van der Waals surface area contributed by atoms with Gasteiger partial charge >= 0.3 is 6.18 Å². The summed E-state index contributed by atoms with van der Waals surface area (Å²) in [5.74, 6) is 0.0984. The molecular formula is C15H11F3INO2. The maximum absolute atomic E-state index is 12.4. The van der Waals surface area contributed by atoms with E-state index >= 15 is 0 Å². The largest absolute Gasteiger partial charge is 0.484 e. The number of rotatable bonds is 4. The number of halogens is 4. The van der Waals surface area contributed by atoms with Gasteiger partial charge in [-0.05, 0) is 71.1 Å². The highest BCUT2D eigenvalue weighted by Crippen LogP contribution is 2.29. The summed E-state index contributed by atoms with van der Waals surface area (Å²) in [6.07, 6.45) is -4.39. The first-order valence-electron chi connectivity index (χ1n) is 6.20. The molecule has 3 nitrogen and oxygen atoms in total. The van der Waals surface area contributed by atoms with E-state index in [4.69, 9.17) is 4.74 Å². The Morgan fingerprint density at radius 2 is 1.64 bits per heavy atom. The summed E-state index contributed by atoms with van der Waals surface area (Å²) >= 11 is 2.15. The Bertz CT molecular complexity index is 639. The molecule has 116 valence electrons. The van der Waals surface area contributed by atoms with Crippen molar-refractivity contribution in [1.29, 1.82) is 0 Å². The molecule has 2 aromatic carbocycles. The van der Waals surface area contributed by atoms with Gasteiger partial charge in [-0.15, -0.1) is 0 Å². The lowest BCUT2D eigenvalue weighted by molar-refractivity contribution is -0.137. The third-order valence-corrected chi connectivity index (χ3v) is 3.40. The number of benzene rings is 2. The van der Waals surface area contributed by atoms with Crippen LogP contribution in [-0.4, -0.2) is 12.5 Å². The van der Waals surface area contributed by atoms with Crippen LogP contribution in [0.4, 0.5) is 18.9 Å². The monoisotopic (exact) mass is 421 g/mol. The Kier molecular flexibility index (Phi) is 5.28. The molecule has 1 amide bonds. The molecule has 1 N–H and O–H groups in total. The summed E-state index contributed by atoms with van der Waals surface area (Å²) < 4.78 is 43.6. The van der Waals surface area contributed by atoms with Gasteiger partial charge in [-0.2, -0.15) is 13.2 Å². The fourth-order valence-electron chi connectivity index (χ4n) is 1.62. The van der Waals surface area contributed by atoms with Gasteiger partial charge in [0.15, 0.2) is 6.61 Å². The number of carbonyl (C=O) groups is 1. The molecule has 0 saturated heterocycles. The third kappa shape index (κ3) is 4.90. The van der Waals surface area contributed by atoms with Gasteiger partial charge in [0.2, 0.25) is 0 Å². The number of alkyl halides is 3. The van der Waals surface area contributed by atoms with E-state index in [1.54, 1.807) is 12.1 Å². The second-order valence-electron chi connectivity index (χ2n) is 4.37. The lowest BCUT2D eigenvalue weighted by atomic mass is 10.2. The average Bonchev–Trinajstić information content (AvgIpc) is 2.46.